The quantitative estimate of drug-likeness (QED) is 0.469. The van der Waals surface area contributed by atoms with Crippen LogP contribution in [-0.4, -0.2) is 37.2 Å². The average Bonchev–Trinajstić information content (AvgIpc) is 3.19. The van der Waals surface area contributed by atoms with E-state index in [0.29, 0.717) is 11.3 Å². The number of hydrogen-bond acceptors (Lipinski definition) is 6. The largest absolute Gasteiger partial charge is 0.456 e. The second-order valence-corrected chi connectivity index (χ2v) is 9.44. The molecule has 6 nitrogen and oxygen atoms in total. The molecule has 3 aromatic carbocycles. The van der Waals surface area contributed by atoms with Crippen LogP contribution in [0, 0.1) is 0 Å². The Kier molecular flexibility index (Phi) is 5.41. The molecule has 0 amide bonds. The molecule has 3 heterocycles. The number of nitrogens with zero attached hydrogens (tertiary/aromatic N) is 2. The summed E-state index contributed by atoms with van der Waals surface area (Å²) in [6, 6.07) is 20.1. The van der Waals surface area contributed by atoms with Crippen LogP contribution in [-0.2, 0) is 10.3 Å². The lowest BCUT2D eigenvalue weighted by atomic mass is 9.77. The highest BCUT2D eigenvalue weighted by molar-refractivity contribution is 5.97. The number of anilines is 2. The molecule has 3 aliphatic heterocycles. The Morgan fingerprint density at radius 3 is 2.49 bits per heavy atom. The zero-order valence-corrected chi connectivity index (χ0v) is 20.3. The number of piperidine rings is 1. The highest BCUT2D eigenvalue weighted by Crippen LogP contribution is 2.57. The zero-order valence-electron chi connectivity index (χ0n) is 20.3. The summed E-state index contributed by atoms with van der Waals surface area (Å²) in [4.78, 5) is 15.4. The Morgan fingerprint density at radius 1 is 0.886 bits per heavy atom. The average molecular weight is 470 g/mol. The van der Waals surface area contributed by atoms with Gasteiger partial charge in [-0.25, -0.2) is 9.80 Å². The number of ether oxygens (including phenoxy) is 2. The topological polar surface area (TPSA) is 54.0 Å². The van der Waals surface area contributed by atoms with Crippen molar-refractivity contribution in [2.24, 2.45) is 0 Å². The Bertz CT molecular complexity index is 1280. The number of hydrogen-bond donors (Lipinski definition) is 1. The monoisotopic (exact) mass is 469 g/mol. The summed E-state index contributed by atoms with van der Waals surface area (Å²) in [6.45, 7) is 8.14. The van der Waals surface area contributed by atoms with Crippen molar-refractivity contribution in [3.8, 4) is 11.5 Å². The summed E-state index contributed by atoms with van der Waals surface area (Å²) in [5.41, 5.74) is 7.75. The summed E-state index contributed by atoms with van der Waals surface area (Å²) in [5, 5.41) is 2.26. The molecule has 1 N–H and O–H groups in total. The minimum absolute atomic E-state index is 0.304. The third kappa shape index (κ3) is 3.47. The molecule has 0 aromatic heterocycles. The fourth-order valence-corrected chi connectivity index (χ4v) is 5.70. The van der Waals surface area contributed by atoms with E-state index in [-0.39, 0.29) is 5.97 Å². The molecule has 0 saturated carbocycles. The number of nitrogens with one attached hydrogen (secondary N) is 1. The SMILES string of the molecule is CCN(CC)c1ccc2c(c1)Oc1ccc(NN3CCCCC3)cc1C21OC(=O)c2ccccc21. The fourth-order valence-electron chi connectivity index (χ4n) is 5.70. The normalized spacial score (nSPS) is 20.5. The van der Waals surface area contributed by atoms with Gasteiger partial charge in [0.15, 0.2) is 5.60 Å². The number of esters is 1. The number of carbonyl (C=O) groups excluding carboxylic acids is 1. The van der Waals surface area contributed by atoms with E-state index in [2.05, 4.69) is 53.4 Å². The van der Waals surface area contributed by atoms with E-state index < -0.39 is 5.60 Å². The van der Waals surface area contributed by atoms with Gasteiger partial charge in [-0.05, 0) is 63.1 Å². The van der Waals surface area contributed by atoms with Crippen molar-refractivity contribution in [2.45, 2.75) is 38.7 Å². The maximum Gasteiger partial charge on any atom is 0.340 e. The van der Waals surface area contributed by atoms with Gasteiger partial charge < -0.3 is 19.8 Å². The highest BCUT2D eigenvalue weighted by atomic mass is 16.6. The molecule has 35 heavy (non-hydrogen) atoms. The number of benzene rings is 3. The van der Waals surface area contributed by atoms with Crippen molar-refractivity contribution in [3.63, 3.8) is 0 Å². The number of hydrazine groups is 1. The van der Waals surface area contributed by atoms with Gasteiger partial charge in [0, 0.05) is 60.3 Å². The Hall–Kier alpha value is -3.51. The van der Waals surface area contributed by atoms with Crippen LogP contribution in [0.25, 0.3) is 0 Å². The predicted molar refractivity (Wildman–Crippen MR) is 137 cm³/mol. The van der Waals surface area contributed by atoms with Crippen LogP contribution in [0.1, 0.15) is 60.2 Å². The molecule has 3 aliphatic rings. The molecule has 1 fully saturated rings. The Morgan fingerprint density at radius 2 is 1.69 bits per heavy atom. The molecular formula is C29H31N3O3. The lowest BCUT2D eigenvalue weighted by Crippen LogP contribution is -2.36. The summed E-state index contributed by atoms with van der Waals surface area (Å²) in [6.07, 6.45) is 3.66. The van der Waals surface area contributed by atoms with Crippen LogP contribution >= 0.6 is 0 Å². The van der Waals surface area contributed by atoms with Crippen LogP contribution in [0.5, 0.6) is 11.5 Å². The third-order valence-electron chi connectivity index (χ3n) is 7.47. The summed E-state index contributed by atoms with van der Waals surface area (Å²) >= 11 is 0. The first-order chi connectivity index (χ1) is 17.1. The van der Waals surface area contributed by atoms with Crippen molar-refractivity contribution in [1.82, 2.24) is 5.01 Å². The second kappa shape index (κ2) is 8.61. The van der Waals surface area contributed by atoms with Crippen LogP contribution in [0.4, 0.5) is 11.4 Å². The van der Waals surface area contributed by atoms with E-state index in [4.69, 9.17) is 9.47 Å². The van der Waals surface area contributed by atoms with Crippen molar-refractivity contribution in [3.05, 3.63) is 82.9 Å². The van der Waals surface area contributed by atoms with Crippen molar-refractivity contribution in [1.29, 1.82) is 0 Å². The van der Waals surface area contributed by atoms with E-state index in [1.165, 1.54) is 19.3 Å². The first-order valence-corrected chi connectivity index (χ1v) is 12.7. The molecule has 1 saturated heterocycles. The Balaban J connectivity index is 1.51. The molecule has 1 spiro atoms. The van der Waals surface area contributed by atoms with E-state index in [9.17, 15) is 4.79 Å². The molecule has 6 rings (SSSR count). The summed E-state index contributed by atoms with van der Waals surface area (Å²) < 4.78 is 12.8. The van der Waals surface area contributed by atoms with Gasteiger partial charge in [-0.2, -0.15) is 0 Å². The molecule has 6 heteroatoms. The van der Waals surface area contributed by atoms with Crippen molar-refractivity contribution in [2.75, 3.05) is 36.5 Å². The van der Waals surface area contributed by atoms with E-state index >= 15 is 0 Å². The zero-order chi connectivity index (χ0) is 24.0. The van der Waals surface area contributed by atoms with Crippen LogP contribution in [0.3, 0.4) is 0 Å². The highest BCUT2D eigenvalue weighted by Gasteiger charge is 2.53. The van der Waals surface area contributed by atoms with Gasteiger partial charge in [0.05, 0.1) is 5.56 Å². The van der Waals surface area contributed by atoms with Crippen molar-refractivity contribution >= 4 is 17.3 Å². The molecular weight excluding hydrogens is 438 g/mol. The fraction of sp³-hybridized carbons (Fsp3) is 0.345. The van der Waals surface area contributed by atoms with Crippen LogP contribution < -0.4 is 15.1 Å². The predicted octanol–water partition coefficient (Wildman–Crippen LogP) is 5.91. The first kappa shape index (κ1) is 22.0. The van der Waals surface area contributed by atoms with Gasteiger partial charge in [-0.15, -0.1) is 0 Å². The smallest absolute Gasteiger partial charge is 0.340 e. The number of carbonyl (C=O) groups is 1. The molecule has 1 atom stereocenters. The number of fused-ring (bicyclic) bond motifs is 6. The Labute approximate surface area is 206 Å². The molecule has 180 valence electrons. The van der Waals surface area contributed by atoms with Gasteiger partial charge >= 0.3 is 5.97 Å². The third-order valence-corrected chi connectivity index (χ3v) is 7.47. The maximum absolute atomic E-state index is 13.1. The van der Waals surface area contributed by atoms with E-state index in [1.54, 1.807) is 0 Å². The molecule has 3 aromatic rings. The standard InChI is InChI=1S/C29H31N3O3/c1-3-31(4-2)21-13-14-24-27(19-21)34-26-15-12-20(30-32-16-8-5-9-17-32)18-25(26)29(24)23-11-7-6-10-22(23)28(33)35-29/h6-7,10-15,18-19,30H,3-5,8-9,16-17H2,1-2H3. The van der Waals surface area contributed by atoms with Crippen LogP contribution in [0.2, 0.25) is 0 Å². The summed E-state index contributed by atoms with van der Waals surface area (Å²) in [7, 11) is 0. The molecule has 0 radical (unpaired) electrons. The van der Waals surface area contributed by atoms with E-state index in [0.717, 1.165) is 60.0 Å². The van der Waals surface area contributed by atoms with Crippen molar-refractivity contribution < 1.29 is 14.3 Å². The molecule has 0 bridgehead atoms. The van der Waals surface area contributed by atoms with Crippen LogP contribution in [0.15, 0.2) is 60.7 Å². The van der Waals surface area contributed by atoms with Gasteiger partial charge in [0.2, 0.25) is 0 Å². The first-order valence-electron chi connectivity index (χ1n) is 12.7. The molecule has 0 aliphatic carbocycles. The second-order valence-electron chi connectivity index (χ2n) is 9.44. The summed E-state index contributed by atoms with van der Waals surface area (Å²) in [5.74, 6) is 1.13. The minimum atomic E-state index is -1.04. The maximum atomic E-state index is 13.1. The van der Waals surface area contributed by atoms with E-state index in [1.807, 2.05) is 36.4 Å². The number of rotatable bonds is 5. The van der Waals surface area contributed by atoms with Gasteiger partial charge in [-0.1, -0.05) is 24.6 Å². The van der Waals surface area contributed by atoms with Gasteiger partial charge in [0.25, 0.3) is 0 Å². The van der Waals surface area contributed by atoms with Gasteiger partial charge in [-0.3, -0.25) is 0 Å². The lowest BCUT2D eigenvalue weighted by molar-refractivity contribution is 0.0224. The molecule has 1 unspecified atom stereocenters. The van der Waals surface area contributed by atoms with Gasteiger partial charge in [0.1, 0.15) is 11.5 Å². The minimum Gasteiger partial charge on any atom is -0.456 e. The lowest BCUT2D eigenvalue weighted by Gasteiger charge is -2.38.